The molecule has 6 aliphatic rings. The van der Waals surface area contributed by atoms with Crippen molar-refractivity contribution in [2.75, 3.05) is 6.54 Å². The Bertz CT molecular complexity index is 2040. The molecule has 0 aromatic heterocycles. The van der Waals surface area contributed by atoms with Gasteiger partial charge in [0.25, 0.3) is 0 Å². The van der Waals surface area contributed by atoms with Crippen LogP contribution in [0.25, 0.3) is 0 Å². The number of allylic oxidation sites excluding steroid dienone is 4. The molecule has 3 N–H and O–H groups in total. The Hall–Kier alpha value is -4.41. The lowest BCUT2D eigenvalue weighted by molar-refractivity contribution is -0.274. The first-order valence-corrected chi connectivity index (χ1v) is 19.9. The second-order valence-electron chi connectivity index (χ2n) is 17.6. The molecule has 0 heterocycles. The van der Waals surface area contributed by atoms with E-state index in [0.29, 0.717) is 43.2 Å². The number of ketones is 1. The minimum atomic E-state index is -4.83. The van der Waals surface area contributed by atoms with E-state index in [-0.39, 0.29) is 47.9 Å². The number of nitrogens with zero attached hydrogens (tertiary/aromatic N) is 1. The first kappa shape index (κ1) is 38.5. The molecule has 3 aromatic rings. The number of ether oxygens (including phenoxy) is 1. The summed E-state index contributed by atoms with van der Waals surface area (Å²) in [6, 6.07) is 23.6. The molecular weight excluding hydrogens is 718 g/mol. The lowest BCUT2D eigenvalue weighted by atomic mass is 9.32. The number of hydrogen-bond acceptors (Lipinski definition) is 5. The molecule has 56 heavy (non-hydrogen) atoms. The maximum absolute atomic E-state index is 14.8. The quantitative estimate of drug-likeness (QED) is 0.149. The number of amides is 2. The number of Topliss-reactive ketones (excluding diaryl/α,β-unsaturated/α-hetero) is 1. The number of benzene rings is 3. The van der Waals surface area contributed by atoms with E-state index in [4.69, 9.17) is 0 Å². The largest absolute Gasteiger partial charge is 0.573 e. The predicted octanol–water partition coefficient (Wildman–Crippen LogP) is 9.33. The van der Waals surface area contributed by atoms with Gasteiger partial charge in [0, 0.05) is 33.9 Å². The summed E-state index contributed by atoms with van der Waals surface area (Å²) in [7, 11) is 0. The van der Waals surface area contributed by atoms with Gasteiger partial charge in [0.15, 0.2) is 5.78 Å². The van der Waals surface area contributed by atoms with E-state index in [1.165, 1.54) is 24.3 Å². The van der Waals surface area contributed by atoms with E-state index in [0.717, 1.165) is 24.0 Å². The van der Waals surface area contributed by atoms with Crippen LogP contribution >= 0.6 is 0 Å². The lowest BCUT2D eigenvalue weighted by Crippen LogP contribution is -2.67. The van der Waals surface area contributed by atoms with E-state index < -0.39 is 40.3 Å². The molecular formula is C46H51F3N2O5. The van der Waals surface area contributed by atoms with Crippen LogP contribution < -0.4 is 10.1 Å². The van der Waals surface area contributed by atoms with Gasteiger partial charge in [-0.25, -0.2) is 4.79 Å². The number of carbonyl (C=O) groups excluding carboxylic acids is 2. The third kappa shape index (κ3) is 6.10. The molecule has 1 unspecified atom stereocenters. The highest BCUT2D eigenvalue weighted by Crippen LogP contribution is 2.78. The standard InChI is InChI=1S/C46H51F3N2O5/c1-30(32-10-6-4-7-11-32)50-40(54)51(28-31-14-16-35(17-15-31)56-46(47,48)49)29-44(55)23-20-38-42(44,3)22-19-37-41(2)21-18-34(52)26-43(41)24-25-45(37,38)36(27-43)39(53)33-12-8-5-9-13-33/h4-17,24-25,27,30,34,37-38,52,55H,18-23,26,28-29H2,1-3H3,(H,50,54)/t30-,34?,37-,38-,41-,42+,43+,44-,45-/m1/s1. The van der Waals surface area contributed by atoms with Gasteiger partial charge in [-0.05, 0) is 92.4 Å². The van der Waals surface area contributed by atoms with Gasteiger partial charge in [-0.15, -0.1) is 13.2 Å². The molecule has 3 aromatic carbocycles. The van der Waals surface area contributed by atoms with Gasteiger partial charge in [-0.2, -0.15) is 0 Å². The molecule has 7 nitrogen and oxygen atoms in total. The average Bonchev–Trinajstić information content (AvgIpc) is 3.44. The zero-order valence-electron chi connectivity index (χ0n) is 32.2. The molecule has 296 valence electrons. The second kappa shape index (κ2) is 13.6. The molecule has 0 radical (unpaired) electrons. The fourth-order valence-electron chi connectivity index (χ4n) is 12.0. The first-order chi connectivity index (χ1) is 26.5. The molecule has 6 aliphatic carbocycles. The van der Waals surface area contributed by atoms with Crippen LogP contribution in [0.1, 0.15) is 93.2 Å². The van der Waals surface area contributed by atoms with Crippen molar-refractivity contribution >= 4 is 11.8 Å². The first-order valence-electron chi connectivity index (χ1n) is 19.9. The number of rotatable bonds is 9. The Kier molecular flexibility index (Phi) is 9.35. The zero-order chi connectivity index (χ0) is 39.7. The molecule has 10 heteroatoms. The van der Waals surface area contributed by atoms with Crippen LogP contribution in [0.5, 0.6) is 5.75 Å². The second-order valence-corrected chi connectivity index (χ2v) is 17.6. The normalized spacial score (nSPS) is 34.7. The highest BCUT2D eigenvalue weighted by atomic mass is 19.4. The van der Waals surface area contributed by atoms with Gasteiger partial charge in [-0.1, -0.05) is 105 Å². The van der Waals surface area contributed by atoms with Crippen LogP contribution in [-0.4, -0.2) is 51.5 Å². The van der Waals surface area contributed by atoms with E-state index in [2.05, 4.69) is 42.1 Å². The van der Waals surface area contributed by atoms with Gasteiger partial charge in [0.05, 0.1) is 24.3 Å². The van der Waals surface area contributed by atoms with Crippen molar-refractivity contribution in [3.63, 3.8) is 0 Å². The molecule has 2 spiro atoms. The van der Waals surface area contributed by atoms with E-state index in [1.807, 2.05) is 67.6 Å². The summed E-state index contributed by atoms with van der Waals surface area (Å²) in [5, 5.41) is 27.2. The number of carbonyl (C=O) groups is 2. The summed E-state index contributed by atoms with van der Waals surface area (Å²) >= 11 is 0. The van der Waals surface area contributed by atoms with Gasteiger partial charge < -0.3 is 25.2 Å². The van der Waals surface area contributed by atoms with Crippen molar-refractivity contribution in [3.05, 3.63) is 125 Å². The minimum Gasteiger partial charge on any atom is -0.406 e. The van der Waals surface area contributed by atoms with Gasteiger partial charge in [0.2, 0.25) is 0 Å². The van der Waals surface area contributed by atoms with Crippen LogP contribution in [0.2, 0.25) is 0 Å². The summed E-state index contributed by atoms with van der Waals surface area (Å²) in [6.07, 6.45) is 6.06. The number of alkyl halides is 3. The molecule has 0 aliphatic heterocycles. The zero-order valence-corrected chi connectivity index (χ0v) is 32.2. The topological polar surface area (TPSA) is 99.1 Å². The van der Waals surface area contributed by atoms with Crippen LogP contribution in [0.15, 0.2) is 109 Å². The van der Waals surface area contributed by atoms with Gasteiger partial charge >= 0.3 is 12.4 Å². The van der Waals surface area contributed by atoms with Crippen LogP contribution in [0, 0.1) is 33.5 Å². The fourth-order valence-corrected chi connectivity index (χ4v) is 12.0. The minimum absolute atomic E-state index is 0.0162. The van der Waals surface area contributed by atoms with Gasteiger partial charge in [0.1, 0.15) is 5.75 Å². The number of nitrogens with one attached hydrogen (secondary N) is 1. The Labute approximate surface area is 326 Å². The van der Waals surface area contributed by atoms with Crippen LogP contribution in [0.4, 0.5) is 18.0 Å². The Morgan fingerprint density at radius 3 is 2.18 bits per heavy atom. The van der Waals surface area contributed by atoms with E-state index in [9.17, 15) is 33.0 Å². The molecule has 3 saturated carbocycles. The monoisotopic (exact) mass is 768 g/mol. The van der Waals surface area contributed by atoms with Crippen molar-refractivity contribution in [2.24, 2.45) is 33.5 Å². The molecule has 2 amide bonds. The maximum atomic E-state index is 14.8. The van der Waals surface area contributed by atoms with Crippen molar-refractivity contribution in [3.8, 4) is 5.75 Å². The molecule has 9 atom stereocenters. The van der Waals surface area contributed by atoms with Crippen LogP contribution in [0.3, 0.4) is 0 Å². The number of aliphatic hydroxyl groups excluding tert-OH is 1. The number of halogens is 3. The lowest BCUT2D eigenvalue weighted by Gasteiger charge is -2.71. The predicted molar refractivity (Wildman–Crippen MR) is 206 cm³/mol. The summed E-state index contributed by atoms with van der Waals surface area (Å²) < 4.78 is 42.9. The maximum Gasteiger partial charge on any atom is 0.573 e. The summed E-state index contributed by atoms with van der Waals surface area (Å²) in [6.45, 7) is 6.38. The third-order valence-electron chi connectivity index (χ3n) is 14.9. The van der Waals surface area contributed by atoms with Crippen molar-refractivity contribution in [1.29, 1.82) is 0 Å². The average molecular weight is 769 g/mol. The Morgan fingerprint density at radius 1 is 0.875 bits per heavy atom. The highest BCUT2D eigenvalue weighted by molar-refractivity contribution is 6.10. The number of hydrogen-bond donors (Lipinski definition) is 3. The number of urea groups is 1. The molecule has 9 rings (SSSR count). The summed E-state index contributed by atoms with van der Waals surface area (Å²) in [5.74, 6) is -0.384. The van der Waals surface area contributed by atoms with Crippen LogP contribution in [-0.2, 0) is 6.54 Å². The van der Waals surface area contributed by atoms with Gasteiger partial charge in [-0.3, -0.25) is 4.79 Å². The SMILES string of the molecule is C[C@@H](NC(=O)N(Cc1ccc(OC(F)(F)F)cc1)C[C@]1(O)CC[C@H]2[C@]34C=C[C@@]5(C=C3C(=O)c3ccccc3)CC(O)CC[C@]5(C)[C@H]4CC[C@@]21C)c1ccccc1. The third-order valence-corrected chi connectivity index (χ3v) is 14.9. The number of aliphatic hydroxyl groups is 2. The Balaban J connectivity index is 1.15. The number of fused-ring (bicyclic) bond motifs is 1. The highest BCUT2D eigenvalue weighted by Gasteiger charge is 2.74. The van der Waals surface area contributed by atoms with E-state index >= 15 is 0 Å². The summed E-state index contributed by atoms with van der Waals surface area (Å²) in [4.78, 5) is 30.7. The smallest absolute Gasteiger partial charge is 0.406 e. The Morgan fingerprint density at radius 2 is 1.50 bits per heavy atom. The molecule has 2 bridgehead atoms. The van der Waals surface area contributed by atoms with Crippen molar-refractivity contribution in [1.82, 2.24) is 10.2 Å². The fraction of sp³-hybridized carbons (Fsp3) is 0.478. The summed E-state index contributed by atoms with van der Waals surface area (Å²) in [5.41, 5.74) is -0.504. The van der Waals surface area contributed by atoms with Crippen molar-refractivity contribution in [2.45, 2.75) is 96.4 Å². The van der Waals surface area contributed by atoms with Crippen molar-refractivity contribution < 1.29 is 37.7 Å². The van der Waals surface area contributed by atoms with E-state index in [1.54, 1.807) is 4.90 Å². The molecule has 3 fully saturated rings. The molecule has 0 saturated heterocycles.